The van der Waals surface area contributed by atoms with Gasteiger partial charge in [0.15, 0.2) is 0 Å². The van der Waals surface area contributed by atoms with Crippen LogP contribution in [0.2, 0.25) is 0 Å². The molecule has 4 rings (SSSR count). The SMILES string of the molecule is CC(C)(C)OC(=O)N1CCCC(c2cccc(-c3cnn4ccc(Br)cc34)n2)C1. The number of carbonyl (C=O) groups is 1. The highest BCUT2D eigenvalue weighted by Gasteiger charge is 2.29. The van der Waals surface area contributed by atoms with Gasteiger partial charge in [0.05, 0.1) is 17.4 Å². The van der Waals surface area contributed by atoms with Crippen molar-refractivity contribution in [2.75, 3.05) is 13.1 Å². The van der Waals surface area contributed by atoms with Crippen LogP contribution in [-0.2, 0) is 4.74 Å². The van der Waals surface area contributed by atoms with Crippen LogP contribution in [0.15, 0.2) is 47.2 Å². The smallest absolute Gasteiger partial charge is 0.410 e. The first kappa shape index (κ1) is 19.9. The van der Waals surface area contributed by atoms with Gasteiger partial charge in [0.2, 0.25) is 0 Å². The quantitative estimate of drug-likeness (QED) is 0.526. The van der Waals surface area contributed by atoms with Crippen molar-refractivity contribution in [3.63, 3.8) is 0 Å². The van der Waals surface area contributed by atoms with Crippen LogP contribution in [0, 0.1) is 0 Å². The van der Waals surface area contributed by atoms with Crippen LogP contribution < -0.4 is 0 Å². The molecule has 1 saturated heterocycles. The predicted octanol–water partition coefficient (Wildman–Crippen LogP) is 5.27. The van der Waals surface area contributed by atoms with E-state index in [0.717, 1.165) is 46.3 Å². The number of amides is 1. The third kappa shape index (κ3) is 4.45. The number of aromatic nitrogens is 3. The molecule has 6 nitrogen and oxygen atoms in total. The topological polar surface area (TPSA) is 59.7 Å². The second-order valence-corrected chi connectivity index (χ2v) is 9.36. The first-order chi connectivity index (χ1) is 13.8. The maximum atomic E-state index is 12.5. The van der Waals surface area contributed by atoms with Crippen LogP contribution in [0.25, 0.3) is 16.8 Å². The number of carbonyl (C=O) groups excluding carboxylic acids is 1. The number of hydrogen-bond acceptors (Lipinski definition) is 4. The van der Waals surface area contributed by atoms with Crippen molar-refractivity contribution in [1.82, 2.24) is 19.5 Å². The van der Waals surface area contributed by atoms with E-state index in [4.69, 9.17) is 9.72 Å². The number of ether oxygens (including phenoxy) is 1. The zero-order chi connectivity index (χ0) is 20.6. The van der Waals surface area contributed by atoms with E-state index in [0.29, 0.717) is 6.54 Å². The zero-order valence-corrected chi connectivity index (χ0v) is 18.5. The van der Waals surface area contributed by atoms with Crippen LogP contribution in [0.5, 0.6) is 0 Å². The summed E-state index contributed by atoms with van der Waals surface area (Å²) in [6.45, 7) is 7.04. The second kappa shape index (κ2) is 7.78. The predicted molar refractivity (Wildman–Crippen MR) is 116 cm³/mol. The lowest BCUT2D eigenvalue weighted by molar-refractivity contribution is 0.0197. The molecule has 1 fully saturated rings. The molecule has 152 valence electrons. The Balaban J connectivity index is 1.58. The molecule has 29 heavy (non-hydrogen) atoms. The Labute approximate surface area is 179 Å². The summed E-state index contributed by atoms with van der Waals surface area (Å²) >= 11 is 3.53. The van der Waals surface area contributed by atoms with Crippen molar-refractivity contribution in [1.29, 1.82) is 0 Å². The third-order valence-corrected chi connectivity index (χ3v) is 5.51. The highest BCUT2D eigenvalue weighted by atomic mass is 79.9. The maximum Gasteiger partial charge on any atom is 0.410 e. The van der Waals surface area contributed by atoms with Gasteiger partial charge < -0.3 is 9.64 Å². The standard InChI is InChI=1S/C22H25BrN4O2/c1-22(2,3)29-21(28)26-10-5-6-15(14-26)18-7-4-8-19(25-18)17-13-24-27-11-9-16(23)12-20(17)27/h4,7-9,11-13,15H,5-6,10,14H2,1-3H3. The minimum atomic E-state index is -0.486. The maximum absolute atomic E-state index is 12.5. The molecule has 3 aromatic heterocycles. The van der Waals surface area contributed by atoms with Gasteiger partial charge in [-0.2, -0.15) is 5.10 Å². The lowest BCUT2D eigenvalue weighted by Gasteiger charge is -2.34. The van der Waals surface area contributed by atoms with Gasteiger partial charge in [0.25, 0.3) is 0 Å². The monoisotopic (exact) mass is 456 g/mol. The first-order valence-corrected chi connectivity index (χ1v) is 10.7. The fraction of sp³-hybridized carbons (Fsp3) is 0.409. The van der Waals surface area contributed by atoms with Crippen molar-refractivity contribution < 1.29 is 9.53 Å². The van der Waals surface area contributed by atoms with Crippen LogP contribution in [0.4, 0.5) is 4.79 Å². The van der Waals surface area contributed by atoms with Gasteiger partial charge in [-0.3, -0.25) is 4.98 Å². The lowest BCUT2D eigenvalue weighted by atomic mass is 9.94. The van der Waals surface area contributed by atoms with E-state index in [-0.39, 0.29) is 12.0 Å². The molecule has 1 aliphatic heterocycles. The fourth-order valence-corrected chi connectivity index (χ4v) is 4.03. The molecule has 0 aromatic carbocycles. The summed E-state index contributed by atoms with van der Waals surface area (Å²) in [6.07, 6.45) is 5.48. The van der Waals surface area contributed by atoms with Gasteiger partial charge in [-0.05, 0) is 57.9 Å². The summed E-state index contributed by atoms with van der Waals surface area (Å²) in [5.41, 5.74) is 3.41. The lowest BCUT2D eigenvalue weighted by Crippen LogP contribution is -2.42. The van der Waals surface area contributed by atoms with E-state index < -0.39 is 5.60 Å². The molecule has 0 bridgehead atoms. The van der Waals surface area contributed by atoms with Gasteiger partial charge in [-0.15, -0.1) is 0 Å². The van der Waals surface area contributed by atoms with Crippen molar-refractivity contribution in [3.8, 4) is 11.3 Å². The number of pyridine rings is 2. The van der Waals surface area contributed by atoms with Crippen LogP contribution >= 0.6 is 15.9 Å². The van der Waals surface area contributed by atoms with Crippen molar-refractivity contribution in [3.05, 3.63) is 52.9 Å². The second-order valence-electron chi connectivity index (χ2n) is 8.45. The summed E-state index contributed by atoms with van der Waals surface area (Å²) in [5.74, 6) is 0.199. The Kier molecular flexibility index (Phi) is 5.34. The summed E-state index contributed by atoms with van der Waals surface area (Å²) in [6, 6.07) is 10.1. The molecule has 1 aliphatic rings. The Morgan fingerprint density at radius 2 is 2.10 bits per heavy atom. The molecule has 4 heterocycles. The summed E-state index contributed by atoms with van der Waals surface area (Å²) < 4.78 is 8.40. The molecule has 1 amide bonds. The van der Waals surface area contributed by atoms with Crippen molar-refractivity contribution >= 4 is 27.5 Å². The Bertz CT molecular complexity index is 1040. The van der Waals surface area contributed by atoms with E-state index in [2.05, 4.69) is 21.0 Å². The van der Waals surface area contributed by atoms with E-state index in [1.807, 2.05) is 68.0 Å². The molecule has 1 unspecified atom stereocenters. The van der Waals surface area contributed by atoms with E-state index in [1.54, 1.807) is 4.90 Å². The van der Waals surface area contributed by atoms with Crippen molar-refractivity contribution in [2.24, 2.45) is 0 Å². The number of hydrogen-bond donors (Lipinski definition) is 0. The van der Waals surface area contributed by atoms with Crippen LogP contribution in [-0.4, -0.2) is 44.3 Å². The van der Waals surface area contributed by atoms with E-state index in [9.17, 15) is 4.79 Å². The molecule has 1 atom stereocenters. The first-order valence-electron chi connectivity index (χ1n) is 9.88. The normalized spacial score (nSPS) is 17.5. The number of fused-ring (bicyclic) bond motifs is 1. The number of piperidine rings is 1. The average molecular weight is 457 g/mol. The summed E-state index contributed by atoms with van der Waals surface area (Å²) in [7, 11) is 0. The highest BCUT2D eigenvalue weighted by molar-refractivity contribution is 9.10. The third-order valence-electron chi connectivity index (χ3n) is 5.02. The molecule has 3 aromatic rings. The van der Waals surface area contributed by atoms with Gasteiger partial charge in [0.1, 0.15) is 5.60 Å². The number of rotatable bonds is 2. The van der Waals surface area contributed by atoms with Gasteiger partial charge in [0, 0.05) is 40.9 Å². The number of likely N-dealkylation sites (tertiary alicyclic amines) is 1. The molecule has 0 N–H and O–H groups in total. The highest BCUT2D eigenvalue weighted by Crippen LogP contribution is 2.30. The van der Waals surface area contributed by atoms with Crippen molar-refractivity contribution in [2.45, 2.75) is 45.1 Å². The molecule has 7 heteroatoms. The molecule has 0 radical (unpaired) electrons. The largest absolute Gasteiger partial charge is 0.444 e. The average Bonchev–Trinajstić information content (AvgIpc) is 3.10. The van der Waals surface area contributed by atoms with Crippen LogP contribution in [0.3, 0.4) is 0 Å². The molecule has 0 spiro atoms. The minimum Gasteiger partial charge on any atom is -0.444 e. The van der Waals surface area contributed by atoms with E-state index in [1.165, 1.54) is 0 Å². The molecule has 0 saturated carbocycles. The minimum absolute atomic E-state index is 0.199. The van der Waals surface area contributed by atoms with Crippen LogP contribution in [0.1, 0.15) is 45.2 Å². The zero-order valence-electron chi connectivity index (χ0n) is 16.9. The molecular formula is C22H25BrN4O2. The number of halogens is 1. The molecular weight excluding hydrogens is 432 g/mol. The van der Waals surface area contributed by atoms with Gasteiger partial charge >= 0.3 is 6.09 Å². The number of nitrogens with zero attached hydrogens (tertiary/aromatic N) is 4. The summed E-state index contributed by atoms with van der Waals surface area (Å²) in [4.78, 5) is 19.2. The Morgan fingerprint density at radius 1 is 1.28 bits per heavy atom. The summed E-state index contributed by atoms with van der Waals surface area (Å²) in [5, 5.41) is 4.43. The van der Waals surface area contributed by atoms with Gasteiger partial charge in [-0.25, -0.2) is 9.31 Å². The van der Waals surface area contributed by atoms with Gasteiger partial charge in [-0.1, -0.05) is 22.0 Å². The molecule has 0 aliphatic carbocycles. The Hall–Kier alpha value is -2.41. The Morgan fingerprint density at radius 3 is 2.90 bits per heavy atom. The fourth-order valence-electron chi connectivity index (χ4n) is 3.69. The van der Waals surface area contributed by atoms with E-state index >= 15 is 0 Å².